The summed E-state index contributed by atoms with van der Waals surface area (Å²) in [5.41, 5.74) is 1.34. The van der Waals surface area contributed by atoms with Gasteiger partial charge in [0.1, 0.15) is 5.75 Å². The Morgan fingerprint density at radius 1 is 1.33 bits per heavy atom. The van der Waals surface area contributed by atoms with Gasteiger partial charge in [0, 0.05) is 17.8 Å². The van der Waals surface area contributed by atoms with Crippen LogP contribution >= 0.6 is 12.2 Å². The lowest BCUT2D eigenvalue weighted by Gasteiger charge is -2.39. The Morgan fingerprint density at radius 2 is 2.10 bits per heavy atom. The average molecular weight is 306 g/mol. The van der Waals surface area contributed by atoms with E-state index in [1.54, 1.807) is 7.11 Å². The van der Waals surface area contributed by atoms with Crippen LogP contribution in [-0.4, -0.2) is 18.3 Å². The van der Waals surface area contributed by atoms with Gasteiger partial charge in [-0.1, -0.05) is 26.8 Å². The van der Waals surface area contributed by atoms with Gasteiger partial charge in [0.05, 0.1) is 7.11 Å². The number of ether oxygens (including phenoxy) is 1. The lowest BCUT2D eigenvalue weighted by Crippen LogP contribution is -2.44. The van der Waals surface area contributed by atoms with Gasteiger partial charge in [0.25, 0.3) is 0 Å². The van der Waals surface area contributed by atoms with Crippen LogP contribution in [0.1, 0.15) is 40.0 Å². The largest absolute Gasteiger partial charge is 0.497 e. The molecule has 0 saturated heterocycles. The van der Waals surface area contributed by atoms with Crippen molar-refractivity contribution < 1.29 is 4.74 Å². The fourth-order valence-corrected chi connectivity index (χ4v) is 3.79. The quantitative estimate of drug-likeness (QED) is 0.820. The lowest BCUT2D eigenvalue weighted by atomic mass is 9.71. The summed E-state index contributed by atoms with van der Waals surface area (Å²) < 4.78 is 5.22. The molecule has 2 atom stereocenters. The second kappa shape index (κ2) is 6.65. The molecule has 0 spiro atoms. The molecule has 1 saturated carbocycles. The first kappa shape index (κ1) is 16.1. The predicted molar refractivity (Wildman–Crippen MR) is 92.9 cm³/mol. The van der Waals surface area contributed by atoms with Gasteiger partial charge in [-0.05, 0) is 54.9 Å². The van der Waals surface area contributed by atoms with Crippen molar-refractivity contribution in [1.82, 2.24) is 5.32 Å². The van der Waals surface area contributed by atoms with Crippen molar-refractivity contribution in [3.05, 3.63) is 24.3 Å². The Balaban J connectivity index is 1.92. The van der Waals surface area contributed by atoms with E-state index in [0.29, 0.717) is 16.6 Å². The second-order valence-electron chi connectivity index (χ2n) is 6.94. The molecule has 0 bridgehead atoms. The molecule has 21 heavy (non-hydrogen) atoms. The first-order valence-corrected chi connectivity index (χ1v) is 8.00. The minimum absolute atomic E-state index is 0.390. The number of nitrogens with one attached hydrogen (secondary N) is 2. The van der Waals surface area contributed by atoms with Gasteiger partial charge in [-0.3, -0.25) is 0 Å². The van der Waals surface area contributed by atoms with E-state index in [0.717, 1.165) is 23.8 Å². The summed E-state index contributed by atoms with van der Waals surface area (Å²) in [5, 5.41) is 7.41. The molecule has 0 amide bonds. The van der Waals surface area contributed by atoms with Crippen LogP contribution in [0.3, 0.4) is 0 Å². The molecule has 1 aromatic carbocycles. The first-order valence-electron chi connectivity index (χ1n) is 7.59. The zero-order chi connectivity index (χ0) is 15.5. The van der Waals surface area contributed by atoms with Crippen LogP contribution in [0, 0.1) is 11.3 Å². The van der Waals surface area contributed by atoms with Crippen molar-refractivity contribution >= 4 is 23.0 Å². The van der Waals surface area contributed by atoms with Crippen molar-refractivity contribution in [2.45, 2.75) is 46.1 Å². The van der Waals surface area contributed by atoms with E-state index in [4.69, 9.17) is 17.0 Å². The highest BCUT2D eigenvalue weighted by Crippen LogP contribution is 2.38. The smallest absolute Gasteiger partial charge is 0.170 e. The maximum absolute atomic E-state index is 5.45. The summed E-state index contributed by atoms with van der Waals surface area (Å²) in [6, 6.07) is 8.27. The Morgan fingerprint density at radius 3 is 2.76 bits per heavy atom. The fourth-order valence-electron chi connectivity index (χ4n) is 3.51. The number of hydrogen-bond acceptors (Lipinski definition) is 2. The van der Waals surface area contributed by atoms with Crippen LogP contribution < -0.4 is 15.4 Å². The molecular formula is C17H26N2OS. The van der Waals surface area contributed by atoms with E-state index in [1.165, 1.54) is 12.8 Å². The number of methoxy groups -OCH3 is 1. The van der Waals surface area contributed by atoms with Crippen molar-refractivity contribution in [3.63, 3.8) is 0 Å². The van der Waals surface area contributed by atoms with Crippen LogP contribution in [-0.2, 0) is 0 Å². The molecule has 2 N–H and O–H groups in total. The summed E-state index contributed by atoms with van der Waals surface area (Å²) in [4.78, 5) is 0. The van der Waals surface area contributed by atoms with Crippen LogP contribution in [0.4, 0.5) is 5.69 Å². The minimum Gasteiger partial charge on any atom is -0.497 e. The molecule has 1 fully saturated rings. The molecule has 3 nitrogen and oxygen atoms in total. The molecule has 1 aliphatic rings. The van der Waals surface area contributed by atoms with E-state index in [1.807, 2.05) is 24.3 Å². The Labute approximate surface area is 133 Å². The zero-order valence-electron chi connectivity index (χ0n) is 13.4. The third-order valence-electron chi connectivity index (χ3n) is 4.05. The maximum Gasteiger partial charge on any atom is 0.170 e. The number of anilines is 1. The molecule has 116 valence electrons. The monoisotopic (exact) mass is 306 g/mol. The van der Waals surface area contributed by atoms with Gasteiger partial charge in [-0.15, -0.1) is 0 Å². The SMILES string of the molecule is COc1cccc(NC(=S)N[C@@H]2C[C@H](C)CC(C)(C)C2)c1. The summed E-state index contributed by atoms with van der Waals surface area (Å²) in [6.45, 7) is 7.01. The van der Waals surface area contributed by atoms with Crippen molar-refractivity contribution in [2.24, 2.45) is 11.3 Å². The van der Waals surface area contributed by atoms with Crippen LogP contribution in [0.15, 0.2) is 24.3 Å². The minimum atomic E-state index is 0.390. The van der Waals surface area contributed by atoms with E-state index < -0.39 is 0 Å². The molecule has 0 radical (unpaired) electrons. The van der Waals surface area contributed by atoms with Crippen LogP contribution in [0.25, 0.3) is 0 Å². The summed E-state index contributed by atoms with van der Waals surface area (Å²) >= 11 is 5.45. The number of rotatable bonds is 3. The number of thiocarbonyl (C=S) groups is 1. The highest BCUT2D eigenvalue weighted by Gasteiger charge is 2.32. The van der Waals surface area contributed by atoms with Crippen molar-refractivity contribution in [1.29, 1.82) is 0 Å². The van der Waals surface area contributed by atoms with Crippen molar-refractivity contribution in [3.8, 4) is 5.75 Å². The molecule has 1 aliphatic carbocycles. The molecule has 0 unspecified atom stereocenters. The van der Waals surface area contributed by atoms with E-state index >= 15 is 0 Å². The molecule has 0 aliphatic heterocycles. The molecule has 1 aromatic rings. The Kier molecular flexibility index (Phi) is 5.09. The third-order valence-corrected chi connectivity index (χ3v) is 4.27. The fraction of sp³-hybridized carbons (Fsp3) is 0.588. The lowest BCUT2D eigenvalue weighted by molar-refractivity contribution is 0.162. The predicted octanol–water partition coefficient (Wildman–Crippen LogP) is 4.20. The second-order valence-corrected chi connectivity index (χ2v) is 7.35. The topological polar surface area (TPSA) is 33.3 Å². The summed E-state index contributed by atoms with van der Waals surface area (Å²) in [5.74, 6) is 1.57. The zero-order valence-corrected chi connectivity index (χ0v) is 14.2. The van der Waals surface area contributed by atoms with Crippen LogP contribution in [0.5, 0.6) is 5.75 Å². The number of benzene rings is 1. The first-order chi connectivity index (χ1) is 9.88. The van der Waals surface area contributed by atoms with Gasteiger partial charge in [-0.2, -0.15) is 0 Å². The Bertz CT molecular complexity index is 501. The van der Waals surface area contributed by atoms with Gasteiger partial charge in [-0.25, -0.2) is 0 Å². The van der Waals surface area contributed by atoms with Gasteiger partial charge >= 0.3 is 0 Å². The van der Waals surface area contributed by atoms with Crippen molar-refractivity contribution in [2.75, 3.05) is 12.4 Å². The van der Waals surface area contributed by atoms with E-state index in [-0.39, 0.29) is 0 Å². The normalized spacial score (nSPS) is 24.2. The standard InChI is InChI=1S/C17H26N2OS/c1-12-8-14(11-17(2,3)10-12)19-16(21)18-13-6-5-7-15(9-13)20-4/h5-7,9,12,14H,8,10-11H2,1-4H3,(H2,18,19,21)/t12-,14+/m0/s1. The Hall–Kier alpha value is -1.29. The highest BCUT2D eigenvalue weighted by atomic mass is 32.1. The van der Waals surface area contributed by atoms with E-state index in [2.05, 4.69) is 31.4 Å². The molecule has 4 heteroatoms. The van der Waals surface area contributed by atoms with Gasteiger partial charge in [0.2, 0.25) is 0 Å². The van der Waals surface area contributed by atoms with Gasteiger partial charge < -0.3 is 15.4 Å². The highest BCUT2D eigenvalue weighted by molar-refractivity contribution is 7.80. The molecular weight excluding hydrogens is 280 g/mol. The molecule has 2 rings (SSSR count). The van der Waals surface area contributed by atoms with E-state index in [9.17, 15) is 0 Å². The molecule has 0 aromatic heterocycles. The third kappa shape index (κ3) is 4.88. The number of hydrogen-bond donors (Lipinski definition) is 2. The average Bonchev–Trinajstić information content (AvgIpc) is 2.36. The summed E-state index contributed by atoms with van der Waals surface area (Å²) in [6.07, 6.45) is 3.64. The maximum atomic E-state index is 5.45. The van der Waals surface area contributed by atoms with Crippen LogP contribution in [0.2, 0.25) is 0 Å². The molecule has 0 heterocycles. The van der Waals surface area contributed by atoms with Gasteiger partial charge in [0.15, 0.2) is 5.11 Å². The summed E-state index contributed by atoms with van der Waals surface area (Å²) in [7, 11) is 1.67.